The number of aryl methyl sites for hydroxylation is 2. The van der Waals surface area contributed by atoms with E-state index in [2.05, 4.69) is 4.98 Å². The molecule has 0 aliphatic carbocycles. The number of hydrogen-bond donors (Lipinski definition) is 1. The molecule has 0 bridgehead atoms. The number of nitrogen functional groups attached to an aromatic ring is 1. The van der Waals surface area contributed by atoms with Gasteiger partial charge in [0.25, 0.3) is 0 Å². The number of para-hydroxylation sites is 1. The highest BCUT2D eigenvalue weighted by Gasteiger charge is 2.06. The summed E-state index contributed by atoms with van der Waals surface area (Å²) in [6.45, 7) is 1.99. The van der Waals surface area contributed by atoms with Gasteiger partial charge < -0.3 is 15.0 Å². The summed E-state index contributed by atoms with van der Waals surface area (Å²) >= 11 is 0. The van der Waals surface area contributed by atoms with E-state index in [1.54, 1.807) is 10.8 Å². The predicted octanol–water partition coefficient (Wildman–Crippen LogP) is 2.10. The number of ether oxygens (including phenoxy) is 1. The first-order valence-corrected chi connectivity index (χ1v) is 4.69. The van der Waals surface area contributed by atoms with E-state index in [0.717, 1.165) is 11.3 Å². The first-order valence-electron chi connectivity index (χ1n) is 4.69. The maximum absolute atomic E-state index is 5.63. The van der Waals surface area contributed by atoms with Crippen LogP contribution in [0.1, 0.15) is 5.56 Å². The first-order chi connectivity index (χ1) is 7.16. The smallest absolute Gasteiger partial charge is 0.303 e. The van der Waals surface area contributed by atoms with Crippen LogP contribution in [-0.4, -0.2) is 9.55 Å². The Bertz CT molecular complexity index is 476. The molecule has 0 fully saturated rings. The lowest BCUT2D eigenvalue weighted by molar-refractivity contribution is 0.422. The topological polar surface area (TPSA) is 53.1 Å². The highest BCUT2D eigenvalue weighted by Crippen LogP contribution is 2.23. The molecule has 0 saturated heterocycles. The molecular weight excluding hydrogens is 190 g/mol. The van der Waals surface area contributed by atoms with Crippen molar-refractivity contribution in [3.05, 3.63) is 36.0 Å². The van der Waals surface area contributed by atoms with Crippen molar-refractivity contribution >= 4 is 5.82 Å². The number of nitrogens with two attached hydrogens (primary N) is 1. The molecule has 1 aromatic heterocycles. The Kier molecular flexibility index (Phi) is 2.33. The zero-order chi connectivity index (χ0) is 10.8. The number of benzene rings is 1. The van der Waals surface area contributed by atoms with E-state index in [0.29, 0.717) is 11.8 Å². The van der Waals surface area contributed by atoms with Crippen LogP contribution in [0.3, 0.4) is 0 Å². The van der Waals surface area contributed by atoms with Crippen molar-refractivity contribution < 1.29 is 4.74 Å². The monoisotopic (exact) mass is 203 g/mol. The maximum Gasteiger partial charge on any atom is 0.303 e. The third-order valence-corrected chi connectivity index (χ3v) is 2.15. The fourth-order valence-corrected chi connectivity index (χ4v) is 1.34. The van der Waals surface area contributed by atoms with Crippen LogP contribution in [0, 0.1) is 6.92 Å². The molecule has 0 unspecified atom stereocenters. The van der Waals surface area contributed by atoms with Crippen molar-refractivity contribution in [2.45, 2.75) is 6.92 Å². The Morgan fingerprint density at radius 3 is 2.67 bits per heavy atom. The van der Waals surface area contributed by atoms with Crippen molar-refractivity contribution in [2.24, 2.45) is 7.05 Å². The van der Waals surface area contributed by atoms with Gasteiger partial charge in [0.1, 0.15) is 11.6 Å². The lowest BCUT2D eigenvalue weighted by atomic mass is 10.2. The minimum absolute atomic E-state index is 0.459. The van der Waals surface area contributed by atoms with Crippen LogP contribution < -0.4 is 10.5 Å². The van der Waals surface area contributed by atoms with E-state index in [-0.39, 0.29) is 0 Å². The molecule has 2 N–H and O–H groups in total. The molecule has 0 aliphatic rings. The molecule has 0 atom stereocenters. The van der Waals surface area contributed by atoms with Crippen molar-refractivity contribution in [2.75, 3.05) is 5.73 Å². The summed E-state index contributed by atoms with van der Waals surface area (Å²) < 4.78 is 7.38. The predicted molar refractivity (Wildman–Crippen MR) is 58.9 cm³/mol. The molecule has 2 aromatic rings. The zero-order valence-corrected chi connectivity index (χ0v) is 8.77. The number of anilines is 1. The van der Waals surface area contributed by atoms with Crippen LogP contribution >= 0.6 is 0 Å². The fraction of sp³-hybridized carbons (Fsp3) is 0.182. The number of hydrogen-bond acceptors (Lipinski definition) is 3. The van der Waals surface area contributed by atoms with Crippen LogP contribution in [0.4, 0.5) is 5.82 Å². The summed E-state index contributed by atoms with van der Waals surface area (Å²) in [6, 6.07) is 8.28. The standard InChI is InChI=1S/C11H13N3O/c1-8-5-3-4-6-9(8)15-11-13-10(12)7-14(11)2/h3-7H,12H2,1-2H3. The summed E-state index contributed by atoms with van der Waals surface area (Å²) in [5.74, 6) is 1.26. The summed E-state index contributed by atoms with van der Waals surface area (Å²) in [5.41, 5.74) is 6.63. The Morgan fingerprint density at radius 1 is 1.33 bits per heavy atom. The van der Waals surface area contributed by atoms with Gasteiger partial charge in [-0.05, 0) is 18.6 Å². The first kappa shape index (κ1) is 9.58. The molecule has 0 radical (unpaired) electrons. The summed E-state index contributed by atoms with van der Waals surface area (Å²) in [6.07, 6.45) is 1.72. The Morgan fingerprint density at radius 2 is 2.07 bits per heavy atom. The molecule has 1 aromatic carbocycles. The highest BCUT2D eigenvalue weighted by molar-refractivity contribution is 5.36. The van der Waals surface area contributed by atoms with Crippen molar-refractivity contribution in [1.82, 2.24) is 9.55 Å². The Labute approximate surface area is 88.3 Å². The Balaban J connectivity index is 2.29. The van der Waals surface area contributed by atoms with Crippen LogP contribution in [-0.2, 0) is 7.05 Å². The minimum Gasteiger partial charge on any atom is -0.425 e. The van der Waals surface area contributed by atoms with E-state index in [4.69, 9.17) is 10.5 Å². The quantitative estimate of drug-likeness (QED) is 0.813. The molecule has 1 heterocycles. The van der Waals surface area contributed by atoms with Crippen LogP contribution in [0.15, 0.2) is 30.5 Å². The molecule has 0 saturated carbocycles. The average Bonchev–Trinajstić information content (AvgIpc) is 2.49. The van der Waals surface area contributed by atoms with Gasteiger partial charge in [-0.2, -0.15) is 4.98 Å². The summed E-state index contributed by atoms with van der Waals surface area (Å²) in [5, 5.41) is 0. The van der Waals surface area contributed by atoms with Crippen LogP contribution in [0.2, 0.25) is 0 Å². The number of rotatable bonds is 2. The molecule has 0 aliphatic heterocycles. The van der Waals surface area contributed by atoms with E-state index >= 15 is 0 Å². The van der Waals surface area contributed by atoms with Gasteiger partial charge in [0.2, 0.25) is 0 Å². The lowest BCUT2D eigenvalue weighted by Gasteiger charge is -2.06. The molecule has 0 spiro atoms. The van der Waals surface area contributed by atoms with Gasteiger partial charge in [-0.1, -0.05) is 18.2 Å². The normalized spacial score (nSPS) is 10.3. The van der Waals surface area contributed by atoms with Gasteiger partial charge in [-0.25, -0.2) is 0 Å². The summed E-state index contributed by atoms with van der Waals surface area (Å²) in [4.78, 5) is 4.07. The molecule has 4 heteroatoms. The van der Waals surface area contributed by atoms with Gasteiger partial charge >= 0.3 is 6.01 Å². The van der Waals surface area contributed by atoms with Gasteiger partial charge in [0, 0.05) is 7.05 Å². The Hall–Kier alpha value is -1.97. The third-order valence-electron chi connectivity index (χ3n) is 2.15. The minimum atomic E-state index is 0.459. The van der Waals surface area contributed by atoms with Gasteiger partial charge in [-0.15, -0.1) is 0 Å². The number of nitrogens with zero attached hydrogens (tertiary/aromatic N) is 2. The molecule has 2 rings (SSSR count). The van der Waals surface area contributed by atoms with Gasteiger partial charge in [0.15, 0.2) is 0 Å². The molecule has 78 valence electrons. The van der Waals surface area contributed by atoms with Crippen molar-refractivity contribution in [1.29, 1.82) is 0 Å². The largest absolute Gasteiger partial charge is 0.425 e. The fourth-order valence-electron chi connectivity index (χ4n) is 1.34. The lowest BCUT2D eigenvalue weighted by Crippen LogP contribution is -1.94. The van der Waals surface area contributed by atoms with Crippen molar-refractivity contribution in [3.63, 3.8) is 0 Å². The van der Waals surface area contributed by atoms with Crippen LogP contribution in [0.25, 0.3) is 0 Å². The summed E-state index contributed by atoms with van der Waals surface area (Å²) in [7, 11) is 1.84. The number of imidazole rings is 1. The molecular formula is C11H13N3O. The van der Waals surface area contributed by atoms with E-state index in [1.807, 2.05) is 38.2 Å². The molecule has 15 heavy (non-hydrogen) atoms. The maximum atomic E-state index is 5.63. The van der Waals surface area contributed by atoms with E-state index < -0.39 is 0 Å². The van der Waals surface area contributed by atoms with Crippen LogP contribution in [0.5, 0.6) is 11.8 Å². The van der Waals surface area contributed by atoms with E-state index in [1.165, 1.54) is 0 Å². The molecule has 4 nitrogen and oxygen atoms in total. The SMILES string of the molecule is Cc1ccccc1Oc1nc(N)cn1C. The number of aromatic nitrogens is 2. The zero-order valence-electron chi connectivity index (χ0n) is 8.77. The van der Waals surface area contributed by atoms with Gasteiger partial charge in [-0.3, -0.25) is 0 Å². The van der Waals surface area contributed by atoms with Gasteiger partial charge in [0.05, 0.1) is 6.20 Å². The highest BCUT2D eigenvalue weighted by atomic mass is 16.5. The molecule has 0 amide bonds. The average molecular weight is 203 g/mol. The second-order valence-corrected chi connectivity index (χ2v) is 3.43. The second kappa shape index (κ2) is 3.65. The third kappa shape index (κ3) is 1.93. The van der Waals surface area contributed by atoms with Crippen molar-refractivity contribution in [3.8, 4) is 11.8 Å². The second-order valence-electron chi connectivity index (χ2n) is 3.43. The van der Waals surface area contributed by atoms with E-state index in [9.17, 15) is 0 Å².